The van der Waals surface area contributed by atoms with Crippen molar-refractivity contribution in [2.24, 2.45) is 0 Å². The average Bonchev–Trinajstić information content (AvgIpc) is 2.58. The first-order chi connectivity index (χ1) is 7.65. The van der Waals surface area contributed by atoms with Crippen LogP contribution >= 0.6 is 11.8 Å². The van der Waals surface area contributed by atoms with E-state index in [1.807, 2.05) is 26.0 Å². The number of nitrogens with two attached hydrogens (primary N) is 1. The van der Waals surface area contributed by atoms with Gasteiger partial charge in [0, 0.05) is 0 Å². The van der Waals surface area contributed by atoms with Crippen molar-refractivity contribution in [3.05, 3.63) is 35.7 Å². The number of pyridine rings is 1. The average molecular weight is 235 g/mol. The van der Waals surface area contributed by atoms with Gasteiger partial charge in [-0.3, -0.25) is 0 Å². The predicted molar refractivity (Wildman–Crippen MR) is 64.2 cm³/mol. The van der Waals surface area contributed by atoms with Crippen LogP contribution in [-0.2, 0) is 5.75 Å². The summed E-state index contributed by atoms with van der Waals surface area (Å²) >= 11 is 1.58. The molecule has 2 aromatic heterocycles. The Labute approximate surface area is 98.3 Å². The van der Waals surface area contributed by atoms with Crippen LogP contribution in [0.1, 0.15) is 17.3 Å². The van der Waals surface area contributed by atoms with Gasteiger partial charge in [0.2, 0.25) is 5.89 Å². The molecule has 0 bridgehead atoms. The molecule has 2 heterocycles. The third-order valence-electron chi connectivity index (χ3n) is 2.18. The second kappa shape index (κ2) is 4.57. The summed E-state index contributed by atoms with van der Waals surface area (Å²) in [5, 5.41) is 0.919. The molecule has 0 aliphatic carbocycles. The predicted octanol–water partition coefficient (Wildman–Crippen LogP) is 2.56. The lowest BCUT2D eigenvalue weighted by atomic mass is 10.4. The van der Waals surface area contributed by atoms with Crippen LogP contribution in [0.2, 0.25) is 0 Å². The SMILES string of the molecule is Cc1nc(CSc2ccc(N)cn2)oc1C. The van der Waals surface area contributed by atoms with Gasteiger partial charge in [0.15, 0.2) is 0 Å². The van der Waals surface area contributed by atoms with Crippen molar-refractivity contribution in [1.29, 1.82) is 0 Å². The molecule has 2 rings (SSSR count). The molecule has 0 saturated carbocycles. The number of nitrogen functional groups attached to an aromatic ring is 1. The number of oxazole rings is 1. The second-order valence-corrected chi connectivity index (χ2v) is 4.46. The minimum atomic E-state index is 0.673. The second-order valence-electron chi connectivity index (χ2n) is 3.47. The van der Waals surface area contributed by atoms with Gasteiger partial charge in [-0.05, 0) is 26.0 Å². The molecule has 5 heteroatoms. The molecule has 16 heavy (non-hydrogen) atoms. The van der Waals surface area contributed by atoms with E-state index in [1.54, 1.807) is 18.0 Å². The van der Waals surface area contributed by atoms with E-state index >= 15 is 0 Å². The van der Waals surface area contributed by atoms with Crippen molar-refractivity contribution in [2.75, 3.05) is 5.73 Å². The molecule has 0 atom stereocenters. The lowest BCUT2D eigenvalue weighted by molar-refractivity contribution is 0.489. The normalized spacial score (nSPS) is 10.6. The van der Waals surface area contributed by atoms with Crippen LogP contribution in [0.25, 0.3) is 0 Å². The first-order valence-electron chi connectivity index (χ1n) is 4.92. The smallest absolute Gasteiger partial charge is 0.205 e. The lowest BCUT2D eigenvalue weighted by Crippen LogP contribution is -1.87. The summed E-state index contributed by atoms with van der Waals surface area (Å²) < 4.78 is 5.48. The molecule has 0 spiro atoms. The summed E-state index contributed by atoms with van der Waals surface area (Å²) in [5.74, 6) is 2.30. The molecular formula is C11H13N3OS. The molecule has 2 N–H and O–H groups in total. The number of aromatic nitrogens is 2. The Morgan fingerprint density at radius 3 is 2.75 bits per heavy atom. The highest BCUT2D eigenvalue weighted by atomic mass is 32.2. The van der Waals surface area contributed by atoms with E-state index in [0.29, 0.717) is 11.4 Å². The van der Waals surface area contributed by atoms with Crippen LogP contribution in [-0.4, -0.2) is 9.97 Å². The highest BCUT2D eigenvalue weighted by Gasteiger charge is 2.06. The minimum Gasteiger partial charge on any atom is -0.445 e. The van der Waals surface area contributed by atoms with E-state index in [1.165, 1.54) is 0 Å². The van der Waals surface area contributed by atoms with Crippen LogP contribution < -0.4 is 5.73 Å². The summed E-state index contributed by atoms with van der Waals surface area (Å²) in [6, 6.07) is 3.73. The standard InChI is InChI=1S/C11H13N3OS/c1-7-8(2)15-10(14-7)6-16-11-4-3-9(12)5-13-11/h3-5H,6,12H2,1-2H3. The maximum Gasteiger partial charge on any atom is 0.205 e. The highest BCUT2D eigenvalue weighted by Crippen LogP contribution is 2.21. The first kappa shape index (κ1) is 11.0. The molecule has 0 unspecified atom stereocenters. The third kappa shape index (κ3) is 2.55. The Morgan fingerprint density at radius 2 is 2.19 bits per heavy atom. The van der Waals surface area contributed by atoms with E-state index in [2.05, 4.69) is 9.97 Å². The van der Waals surface area contributed by atoms with Gasteiger partial charge in [-0.15, -0.1) is 0 Å². The van der Waals surface area contributed by atoms with Gasteiger partial charge in [0.25, 0.3) is 0 Å². The summed E-state index contributed by atoms with van der Waals surface area (Å²) in [4.78, 5) is 8.49. The Kier molecular flexibility index (Phi) is 3.14. The zero-order valence-electron chi connectivity index (χ0n) is 9.23. The molecule has 2 aromatic rings. The topological polar surface area (TPSA) is 64.9 Å². The van der Waals surface area contributed by atoms with Crippen molar-refractivity contribution >= 4 is 17.4 Å². The zero-order chi connectivity index (χ0) is 11.5. The summed E-state index contributed by atoms with van der Waals surface area (Å²) in [6.07, 6.45) is 1.65. The van der Waals surface area contributed by atoms with Crippen molar-refractivity contribution in [3.63, 3.8) is 0 Å². The van der Waals surface area contributed by atoms with Gasteiger partial charge in [-0.25, -0.2) is 9.97 Å². The van der Waals surface area contributed by atoms with E-state index < -0.39 is 0 Å². The number of hydrogen-bond acceptors (Lipinski definition) is 5. The van der Waals surface area contributed by atoms with Gasteiger partial charge in [-0.1, -0.05) is 11.8 Å². The van der Waals surface area contributed by atoms with Crippen molar-refractivity contribution < 1.29 is 4.42 Å². The monoisotopic (exact) mass is 235 g/mol. The number of thioether (sulfide) groups is 1. The Hall–Kier alpha value is -1.49. The van der Waals surface area contributed by atoms with Crippen molar-refractivity contribution in [3.8, 4) is 0 Å². The fraction of sp³-hybridized carbons (Fsp3) is 0.273. The number of aryl methyl sites for hydroxylation is 2. The molecule has 0 aliphatic rings. The van der Waals surface area contributed by atoms with Crippen LogP contribution in [0.4, 0.5) is 5.69 Å². The van der Waals surface area contributed by atoms with E-state index in [0.717, 1.165) is 22.4 Å². The van der Waals surface area contributed by atoms with Gasteiger partial charge >= 0.3 is 0 Å². The molecule has 0 radical (unpaired) electrons. The van der Waals surface area contributed by atoms with Gasteiger partial charge < -0.3 is 10.2 Å². The third-order valence-corrected chi connectivity index (χ3v) is 3.10. The number of anilines is 1. The quantitative estimate of drug-likeness (QED) is 0.828. The molecule has 84 valence electrons. The van der Waals surface area contributed by atoms with Crippen LogP contribution in [0.15, 0.2) is 27.8 Å². The Morgan fingerprint density at radius 1 is 1.38 bits per heavy atom. The molecule has 0 aliphatic heterocycles. The van der Waals surface area contributed by atoms with Crippen LogP contribution in [0.5, 0.6) is 0 Å². The van der Waals surface area contributed by atoms with Gasteiger partial charge in [0.1, 0.15) is 5.76 Å². The molecule has 0 amide bonds. The highest BCUT2D eigenvalue weighted by molar-refractivity contribution is 7.98. The maximum atomic E-state index is 5.55. The van der Waals surface area contributed by atoms with Crippen LogP contribution in [0, 0.1) is 13.8 Å². The number of hydrogen-bond donors (Lipinski definition) is 1. The summed E-state index contributed by atoms with van der Waals surface area (Å²) in [5.41, 5.74) is 7.17. The van der Waals surface area contributed by atoms with E-state index in [9.17, 15) is 0 Å². The van der Waals surface area contributed by atoms with Crippen LogP contribution in [0.3, 0.4) is 0 Å². The van der Waals surface area contributed by atoms with E-state index in [4.69, 9.17) is 10.2 Å². The molecule has 0 fully saturated rings. The van der Waals surface area contributed by atoms with Crippen molar-refractivity contribution in [1.82, 2.24) is 9.97 Å². The van der Waals surface area contributed by atoms with Gasteiger partial charge in [-0.2, -0.15) is 0 Å². The Bertz CT molecular complexity index is 459. The fourth-order valence-electron chi connectivity index (χ4n) is 1.21. The zero-order valence-corrected chi connectivity index (χ0v) is 10.0. The maximum absolute atomic E-state index is 5.55. The number of nitrogens with zero attached hydrogens (tertiary/aromatic N) is 2. The van der Waals surface area contributed by atoms with Gasteiger partial charge in [0.05, 0.1) is 28.4 Å². The largest absolute Gasteiger partial charge is 0.445 e. The summed E-state index contributed by atoms with van der Waals surface area (Å²) in [7, 11) is 0. The Balaban J connectivity index is 1.99. The molecule has 0 saturated heterocycles. The molecular weight excluding hydrogens is 222 g/mol. The minimum absolute atomic E-state index is 0.673. The molecule has 0 aromatic carbocycles. The number of rotatable bonds is 3. The summed E-state index contributed by atoms with van der Waals surface area (Å²) in [6.45, 7) is 3.85. The van der Waals surface area contributed by atoms with E-state index in [-0.39, 0.29) is 0 Å². The lowest BCUT2D eigenvalue weighted by Gasteiger charge is -1.98. The molecule has 4 nitrogen and oxygen atoms in total. The van der Waals surface area contributed by atoms with Crippen molar-refractivity contribution in [2.45, 2.75) is 24.6 Å². The fourth-order valence-corrected chi connectivity index (χ4v) is 1.90. The first-order valence-corrected chi connectivity index (χ1v) is 5.91.